The van der Waals surface area contributed by atoms with Gasteiger partial charge in [-0.05, 0) is 36.4 Å². The van der Waals surface area contributed by atoms with Crippen molar-refractivity contribution in [3.63, 3.8) is 0 Å². The number of amides is 3. The molecule has 4 rings (SSSR count). The van der Waals surface area contributed by atoms with Crippen LogP contribution in [0.2, 0.25) is 0 Å². The van der Waals surface area contributed by atoms with Crippen molar-refractivity contribution in [1.82, 2.24) is 8.87 Å². The van der Waals surface area contributed by atoms with Crippen LogP contribution in [0.25, 0.3) is 0 Å². The number of nitrogens with zero attached hydrogens (tertiary/aromatic N) is 2. The van der Waals surface area contributed by atoms with E-state index in [1.165, 1.54) is 21.1 Å². The van der Waals surface area contributed by atoms with Gasteiger partial charge in [-0.3, -0.25) is 4.79 Å². The number of sulfonamides is 1. The van der Waals surface area contributed by atoms with E-state index in [9.17, 15) is 18.0 Å². The molecule has 1 aromatic heterocycles. The minimum atomic E-state index is -3.72. The Morgan fingerprint density at radius 1 is 0.853 bits per heavy atom. The van der Waals surface area contributed by atoms with Crippen molar-refractivity contribution < 1.29 is 22.7 Å². The second kappa shape index (κ2) is 10.1. The molecule has 11 heteroatoms. The number of para-hydroxylation sites is 1. The Morgan fingerprint density at radius 3 is 2.18 bits per heavy atom. The van der Waals surface area contributed by atoms with E-state index in [0.29, 0.717) is 30.3 Å². The summed E-state index contributed by atoms with van der Waals surface area (Å²) in [5.74, 6) is -0.475. The zero-order chi connectivity index (χ0) is 24.1. The van der Waals surface area contributed by atoms with Crippen LogP contribution in [-0.4, -0.2) is 55.5 Å². The van der Waals surface area contributed by atoms with Crippen molar-refractivity contribution in [3.8, 4) is 0 Å². The molecule has 0 radical (unpaired) electrons. The molecule has 1 aliphatic rings. The van der Waals surface area contributed by atoms with Crippen LogP contribution in [0.4, 0.5) is 21.9 Å². The lowest BCUT2D eigenvalue weighted by Crippen LogP contribution is -2.40. The number of morpholine rings is 1. The van der Waals surface area contributed by atoms with Crippen LogP contribution in [0.15, 0.2) is 71.8 Å². The first-order valence-electron chi connectivity index (χ1n) is 10.6. The number of hydrogen-bond acceptors (Lipinski definition) is 5. The van der Waals surface area contributed by atoms with Gasteiger partial charge in [-0.1, -0.05) is 24.3 Å². The average Bonchev–Trinajstić information content (AvgIpc) is 3.23. The highest BCUT2D eigenvalue weighted by molar-refractivity contribution is 7.89. The summed E-state index contributed by atoms with van der Waals surface area (Å²) >= 11 is 0. The summed E-state index contributed by atoms with van der Waals surface area (Å²) in [5.41, 5.74) is 1.76. The molecule has 1 fully saturated rings. The SMILES string of the molecule is Cn1cc(S(=O)(=O)N2CCOCC2)cc1C(=O)Nc1cccc(NC(=O)Nc2ccccc2)c1. The zero-order valence-electron chi connectivity index (χ0n) is 18.5. The van der Waals surface area contributed by atoms with Crippen molar-refractivity contribution in [1.29, 1.82) is 0 Å². The number of ether oxygens (including phenoxy) is 1. The summed E-state index contributed by atoms with van der Waals surface area (Å²) in [7, 11) is -2.11. The number of aromatic nitrogens is 1. The largest absolute Gasteiger partial charge is 0.379 e. The number of aryl methyl sites for hydroxylation is 1. The van der Waals surface area contributed by atoms with Crippen molar-refractivity contribution in [2.45, 2.75) is 4.90 Å². The topological polar surface area (TPSA) is 122 Å². The minimum absolute atomic E-state index is 0.0510. The van der Waals surface area contributed by atoms with Crippen molar-refractivity contribution in [2.75, 3.05) is 42.3 Å². The maximum atomic E-state index is 12.9. The molecule has 178 valence electrons. The number of benzene rings is 2. The normalized spacial score (nSPS) is 14.4. The van der Waals surface area contributed by atoms with Gasteiger partial charge in [-0.15, -0.1) is 0 Å². The molecule has 3 amide bonds. The van der Waals surface area contributed by atoms with Gasteiger partial charge in [0.2, 0.25) is 10.0 Å². The van der Waals surface area contributed by atoms with Gasteiger partial charge in [0.25, 0.3) is 5.91 Å². The van der Waals surface area contributed by atoms with Gasteiger partial charge in [-0.25, -0.2) is 13.2 Å². The first-order chi connectivity index (χ1) is 16.3. The molecule has 0 bridgehead atoms. The fourth-order valence-electron chi connectivity index (χ4n) is 3.52. The summed E-state index contributed by atoms with van der Waals surface area (Å²) in [5, 5.41) is 8.18. The average molecular weight is 484 g/mol. The lowest BCUT2D eigenvalue weighted by atomic mass is 10.2. The Balaban J connectivity index is 1.43. The third-order valence-electron chi connectivity index (χ3n) is 5.23. The van der Waals surface area contributed by atoms with E-state index < -0.39 is 22.0 Å². The van der Waals surface area contributed by atoms with Crippen LogP contribution in [-0.2, 0) is 21.8 Å². The lowest BCUT2D eigenvalue weighted by Gasteiger charge is -2.25. The van der Waals surface area contributed by atoms with Crippen LogP contribution in [0.3, 0.4) is 0 Å². The molecular weight excluding hydrogens is 458 g/mol. The number of urea groups is 1. The van der Waals surface area contributed by atoms with Gasteiger partial charge in [0, 0.05) is 43.4 Å². The highest BCUT2D eigenvalue weighted by Gasteiger charge is 2.28. The van der Waals surface area contributed by atoms with E-state index in [-0.39, 0.29) is 23.7 Å². The third-order valence-corrected chi connectivity index (χ3v) is 7.09. The van der Waals surface area contributed by atoms with Gasteiger partial charge < -0.3 is 25.3 Å². The van der Waals surface area contributed by atoms with E-state index in [2.05, 4.69) is 16.0 Å². The van der Waals surface area contributed by atoms with Gasteiger partial charge in [0.15, 0.2) is 0 Å². The number of hydrogen-bond donors (Lipinski definition) is 3. The van der Waals surface area contributed by atoms with Gasteiger partial charge in [0.1, 0.15) is 10.6 Å². The van der Waals surface area contributed by atoms with Gasteiger partial charge >= 0.3 is 6.03 Å². The molecule has 10 nitrogen and oxygen atoms in total. The number of anilines is 3. The van der Waals surface area contributed by atoms with Crippen LogP contribution in [0.1, 0.15) is 10.5 Å². The molecule has 0 atom stereocenters. The maximum absolute atomic E-state index is 12.9. The molecule has 3 aromatic rings. The maximum Gasteiger partial charge on any atom is 0.323 e. The molecule has 3 N–H and O–H groups in total. The summed E-state index contributed by atoms with van der Waals surface area (Å²) in [6.45, 7) is 1.23. The third kappa shape index (κ3) is 5.45. The van der Waals surface area contributed by atoms with Gasteiger partial charge in [0.05, 0.1) is 13.2 Å². The van der Waals surface area contributed by atoms with Crippen LogP contribution in [0.5, 0.6) is 0 Å². The predicted octanol–water partition coefficient (Wildman–Crippen LogP) is 2.94. The van der Waals surface area contributed by atoms with Crippen molar-refractivity contribution >= 4 is 39.0 Å². The summed E-state index contributed by atoms with van der Waals surface area (Å²) in [4.78, 5) is 25.1. The molecule has 0 aliphatic carbocycles. The van der Waals surface area contributed by atoms with E-state index in [4.69, 9.17) is 4.74 Å². The van der Waals surface area contributed by atoms with Crippen LogP contribution in [0, 0.1) is 0 Å². The monoisotopic (exact) mass is 483 g/mol. The van der Waals surface area contributed by atoms with E-state index >= 15 is 0 Å². The summed E-state index contributed by atoms with van der Waals surface area (Å²) in [6.07, 6.45) is 1.42. The smallest absolute Gasteiger partial charge is 0.323 e. The fraction of sp³-hybridized carbons (Fsp3) is 0.217. The molecule has 0 saturated carbocycles. The molecular formula is C23H25N5O5S. The number of carbonyl (C=O) groups is 2. The number of carbonyl (C=O) groups excluding carboxylic acids is 2. The highest BCUT2D eigenvalue weighted by atomic mass is 32.2. The predicted molar refractivity (Wildman–Crippen MR) is 128 cm³/mol. The molecule has 0 spiro atoms. The number of rotatable bonds is 6. The molecule has 1 saturated heterocycles. The summed E-state index contributed by atoms with van der Waals surface area (Å²) < 4.78 is 33.8. The molecule has 1 aliphatic heterocycles. The minimum Gasteiger partial charge on any atom is -0.379 e. The fourth-order valence-corrected chi connectivity index (χ4v) is 5.00. The Bertz CT molecular complexity index is 1280. The molecule has 2 aromatic carbocycles. The van der Waals surface area contributed by atoms with Crippen LogP contribution < -0.4 is 16.0 Å². The Morgan fingerprint density at radius 2 is 1.47 bits per heavy atom. The second-order valence-corrected chi connectivity index (χ2v) is 9.61. The quantitative estimate of drug-likeness (QED) is 0.498. The highest BCUT2D eigenvalue weighted by Crippen LogP contribution is 2.21. The van der Waals surface area contributed by atoms with Crippen molar-refractivity contribution in [3.05, 3.63) is 72.6 Å². The van der Waals surface area contributed by atoms with E-state index in [1.807, 2.05) is 18.2 Å². The Labute approximate surface area is 197 Å². The van der Waals surface area contributed by atoms with Gasteiger partial charge in [-0.2, -0.15) is 4.31 Å². The number of nitrogens with one attached hydrogen (secondary N) is 3. The Kier molecular flexibility index (Phi) is 6.96. The Hall–Kier alpha value is -3.67. The van der Waals surface area contributed by atoms with Crippen LogP contribution >= 0.6 is 0 Å². The van der Waals surface area contributed by atoms with E-state index in [1.54, 1.807) is 43.4 Å². The zero-order valence-corrected chi connectivity index (χ0v) is 19.3. The lowest BCUT2D eigenvalue weighted by molar-refractivity contribution is 0.0730. The molecule has 34 heavy (non-hydrogen) atoms. The molecule has 0 unspecified atom stereocenters. The first kappa shape index (κ1) is 23.5. The second-order valence-electron chi connectivity index (χ2n) is 7.67. The van der Waals surface area contributed by atoms with E-state index in [0.717, 1.165) is 0 Å². The van der Waals surface area contributed by atoms with Crippen molar-refractivity contribution in [2.24, 2.45) is 7.05 Å². The summed E-state index contributed by atoms with van der Waals surface area (Å²) in [6, 6.07) is 16.6. The molecule has 2 heterocycles. The first-order valence-corrected chi connectivity index (χ1v) is 12.1. The standard InChI is InChI=1S/C23H25N5O5S/c1-27-16-20(34(31,32)28-10-12-33-13-11-28)15-21(27)22(29)24-18-8-5-9-19(14-18)26-23(30)25-17-6-3-2-4-7-17/h2-9,14-16H,10-13H2,1H3,(H,24,29)(H2,25,26,30).